The van der Waals surface area contributed by atoms with Crippen LogP contribution in [-0.2, 0) is 31.8 Å². The number of hydrogen-bond donors (Lipinski definition) is 1. The van der Waals surface area contributed by atoms with Crippen molar-refractivity contribution in [2.75, 3.05) is 26.1 Å². The van der Waals surface area contributed by atoms with Crippen LogP contribution in [0.3, 0.4) is 0 Å². The third-order valence-electron chi connectivity index (χ3n) is 4.92. The van der Waals surface area contributed by atoms with Crippen molar-refractivity contribution < 1.29 is 33.4 Å². The summed E-state index contributed by atoms with van der Waals surface area (Å²) in [7, 11) is 2.40. The molecule has 1 aromatic heterocycles. The van der Waals surface area contributed by atoms with Gasteiger partial charge in [-0.2, -0.15) is 0 Å². The van der Waals surface area contributed by atoms with E-state index in [4.69, 9.17) is 4.74 Å². The third-order valence-corrected chi connectivity index (χ3v) is 6.14. The Hall–Kier alpha value is -3.20. The molecule has 1 aromatic carbocycles. The normalized spacial score (nSPS) is 14.9. The lowest BCUT2D eigenvalue weighted by Gasteiger charge is -2.16. The first-order valence-corrected chi connectivity index (χ1v) is 10.5. The van der Waals surface area contributed by atoms with Crippen LogP contribution in [0, 0.1) is 5.92 Å². The lowest BCUT2D eigenvalue weighted by Crippen LogP contribution is -2.21. The van der Waals surface area contributed by atoms with Crippen molar-refractivity contribution in [3.63, 3.8) is 0 Å². The number of ether oxygens (including phenoxy) is 3. The Kier molecular flexibility index (Phi) is 7.06. The number of aryl methyl sites for hydroxylation is 1. The van der Waals surface area contributed by atoms with Gasteiger partial charge in [-0.15, -0.1) is 11.3 Å². The molecule has 1 N–H and O–H groups in total. The van der Waals surface area contributed by atoms with Crippen molar-refractivity contribution in [2.24, 2.45) is 5.92 Å². The zero-order valence-corrected chi connectivity index (χ0v) is 18.3. The Morgan fingerprint density at radius 2 is 1.65 bits per heavy atom. The van der Waals surface area contributed by atoms with E-state index in [9.17, 15) is 19.2 Å². The maximum absolute atomic E-state index is 12.4. The van der Waals surface area contributed by atoms with Gasteiger partial charge < -0.3 is 19.5 Å². The van der Waals surface area contributed by atoms with Gasteiger partial charge in [0.05, 0.1) is 25.3 Å². The van der Waals surface area contributed by atoms with Crippen LogP contribution in [0.5, 0.6) is 0 Å². The molecule has 0 fully saturated rings. The van der Waals surface area contributed by atoms with Crippen molar-refractivity contribution in [1.29, 1.82) is 0 Å². The highest BCUT2D eigenvalue weighted by Gasteiger charge is 2.22. The molecular formula is C22H23NO7S. The first-order chi connectivity index (χ1) is 14.8. The zero-order chi connectivity index (χ0) is 22.5. The van der Waals surface area contributed by atoms with E-state index in [0.29, 0.717) is 10.8 Å². The predicted molar refractivity (Wildman–Crippen MR) is 114 cm³/mol. The van der Waals surface area contributed by atoms with E-state index in [2.05, 4.69) is 21.7 Å². The summed E-state index contributed by atoms with van der Waals surface area (Å²) in [5, 5.41) is 2.51. The number of methoxy groups -OCH3 is 2. The number of rotatable bonds is 6. The SMILES string of the molecule is COC(=O)c1cc(NC(=O)COC(=O)c2cc3c(s2)CC[C@H](C)C3)cc(C(=O)OC)c1. The molecule has 164 valence electrons. The molecule has 1 aliphatic rings. The summed E-state index contributed by atoms with van der Waals surface area (Å²) in [6.07, 6.45) is 3.00. The molecule has 3 rings (SSSR count). The van der Waals surface area contributed by atoms with E-state index in [0.717, 1.165) is 19.3 Å². The molecule has 2 aromatic rings. The largest absolute Gasteiger partial charge is 0.465 e. The Balaban J connectivity index is 1.64. The molecular weight excluding hydrogens is 422 g/mol. The molecule has 0 saturated carbocycles. The van der Waals surface area contributed by atoms with Crippen LogP contribution in [0.15, 0.2) is 24.3 Å². The van der Waals surface area contributed by atoms with E-state index in [1.54, 1.807) is 0 Å². The minimum Gasteiger partial charge on any atom is -0.465 e. The molecule has 1 atom stereocenters. The molecule has 0 aliphatic heterocycles. The van der Waals surface area contributed by atoms with Crippen LogP contribution in [0.1, 0.15) is 54.2 Å². The van der Waals surface area contributed by atoms with Gasteiger partial charge in [-0.1, -0.05) is 6.92 Å². The number of fused-ring (bicyclic) bond motifs is 1. The summed E-state index contributed by atoms with van der Waals surface area (Å²) in [5.74, 6) is -1.93. The number of anilines is 1. The van der Waals surface area contributed by atoms with Gasteiger partial charge in [-0.3, -0.25) is 4.79 Å². The quantitative estimate of drug-likeness (QED) is 0.537. The van der Waals surface area contributed by atoms with E-state index in [1.165, 1.54) is 54.2 Å². The summed E-state index contributed by atoms with van der Waals surface area (Å²) in [4.78, 5) is 50.0. The summed E-state index contributed by atoms with van der Waals surface area (Å²) in [6.45, 7) is 1.68. The fourth-order valence-electron chi connectivity index (χ4n) is 3.38. The molecule has 1 amide bonds. The molecule has 1 aliphatic carbocycles. The number of carbonyl (C=O) groups excluding carboxylic acids is 4. The molecule has 0 spiro atoms. The maximum atomic E-state index is 12.4. The van der Waals surface area contributed by atoms with Crippen molar-refractivity contribution in [1.82, 2.24) is 0 Å². The lowest BCUT2D eigenvalue weighted by atomic mass is 9.90. The van der Waals surface area contributed by atoms with E-state index < -0.39 is 30.4 Å². The van der Waals surface area contributed by atoms with Gasteiger partial charge in [0.25, 0.3) is 5.91 Å². The summed E-state index contributed by atoms with van der Waals surface area (Å²) >= 11 is 1.41. The fourth-order valence-corrected chi connectivity index (χ4v) is 4.48. The average Bonchev–Trinajstić information content (AvgIpc) is 3.19. The van der Waals surface area contributed by atoms with Gasteiger partial charge in [-0.25, -0.2) is 14.4 Å². The molecule has 8 nitrogen and oxygen atoms in total. The highest BCUT2D eigenvalue weighted by molar-refractivity contribution is 7.14. The molecule has 0 unspecified atom stereocenters. The van der Waals surface area contributed by atoms with Crippen LogP contribution < -0.4 is 5.32 Å². The monoisotopic (exact) mass is 445 g/mol. The van der Waals surface area contributed by atoms with Crippen LogP contribution in [0.2, 0.25) is 0 Å². The van der Waals surface area contributed by atoms with Crippen LogP contribution >= 0.6 is 11.3 Å². The minimum atomic E-state index is -0.677. The number of nitrogens with one attached hydrogen (secondary N) is 1. The molecule has 1 heterocycles. The summed E-state index contributed by atoms with van der Waals surface area (Å²) < 4.78 is 14.5. The zero-order valence-electron chi connectivity index (χ0n) is 17.5. The van der Waals surface area contributed by atoms with Crippen molar-refractivity contribution in [3.8, 4) is 0 Å². The minimum absolute atomic E-state index is 0.0658. The number of hydrogen-bond acceptors (Lipinski definition) is 8. The smallest absolute Gasteiger partial charge is 0.348 e. The van der Waals surface area contributed by atoms with Gasteiger partial charge >= 0.3 is 17.9 Å². The summed E-state index contributed by atoms with van der Waals surface area (Å²) in [5.41, 5.74) is 1.48. The van der Waals surface area contributed by atoms with Crippen molar-refractivity contribution in [2.45, 2.75) is 26.2 Å². The lowest BCUT2D eigenvalue weighted by molar-refractivity contribution is -0.119. The second-order valence-corrected chi connectivity index (χ2v) is 8.45. The average molecular weight is 445 g/mol. The van der Waals surface area contributed by atoms with Gasteiger partial charge in [0.1, 0.15) is 4.88 Å². The van der Waals surface area contributed by atoms with Gasteiger partial charge in [0, 0.05) is 10.6 Å². The highest BCUT2D eigenvalue weighted by Crippen LogP contribution is 2.32. The first kappa shape index (κ1) is 22.5. The van der Waals surface area contributed by atoms with Crippen molar-refractivity contribution >= 4 is 40.8 Å². The Labute approximate surface area is 183 Å². The number of esters is 3. The second kappa shape index (κ2) is 9.74. The van der Waals surface area contributed by atoms with E-state index in [-0.39, 0.29) is 16.8 Å². The van der Waals surface area contributed by atoms with Gasteiger partial charge in [0.2, 0.25) is 0 Å². The Morgan fingerprint density at radius 1 is 1.00 bits per heavy atom. The number of amides is 1. The van der Waals surface area contributed by atoms with E-state index in [1.807, 2.05) is 6.07 Å². The Morgan fingerprint density at radius 3 is 2.26 bits per heavy atom. The highest BCUT2D eigenvalue weighted by atomic mass is 32.1. The molecule has 31 heavy (non-hydrogen) atoms. The van der Waals surface area contributed by atoms with Gasteiger partial charge in [0.15, 0.2) is 6.61 Å². The van der Waals surface area contributed by atoms with E-state index >= 15 is 0 Å². The molecule has 0 radical (unpaired) electrons. The predicted octanol–water partition coefficient (Wildman–Crippen LogP) is 3.24. The van der Waals surface area contributed by atoms with Crippen LogP contribution in [0.25, 0.3) is 0 Å². The third kappa shape index (κ3) is 5.49. The van der Waals surface area contributed by atoms with Crippen LogP contribution in [0.4, 0.5) is 5.69 Å². The molecule has 0 saturated heterocycles. The standard InChI is InChI=1S/C22H23NO7S/c1-12-4-5-17-13(6-12)10-18(31-17)22(27)30-11-19(24)23-16-8-14(20(25)28-2)7-15(9-16)21(26)29-3/h7-10,12H,4-6,11H2,1-3H3,(H,23,24)/t12-/m0/s1. The van der Waals surface area contributed by atoms with Crippen LogP contribution in [-0.4, -0.2) is 44.6 Å². The maximum Gasteiger partial charge on any atom is 0.348 e. The van der Waals surface area contributed by atoms with Gasteiger partial charge in [-0.05, 0) is 55.0 Å². The Bertz CT molecular complexity index is 993. The number of carbonyl (C=O) groups is 4. The number of benzene rings is 1. The van der Waals surface area contributed by atoms with Crippen molar-refractivity contribution in [3.05, 3.63) is 50.7 Å². The second-order valence-electron chi connectivity index (χ2n) is 7.31. The fraction of sp³-hybridized carbons (Fsp3) is 0.364. The molecule has 9 heteroatoms. The first-order valence-electron chi connectivity index (χ1n) is 9.71. The summed E-state index contributed by atoms with van der Waals surface area (Å²) in [6, 6.07) is 5.85. The number of thiophene rings is 1. The topological polar surface area (TPSA) is 108 Å². The molecule has 0 bridgehead atoms.